The summed E-state index contributed by atoms with van der Waals surface area (Å²) in [6.07, 6.45) is 5.30. The number of hydrogen-bond acceptors (Lipinski definition) is 9. The zero-order valence-corrected chi connectivity index (χ0v) is 23.9. The van der Waals surface area contributed by atoms with Crippen molar-refractivity contribution in [2.24, 2.45) is 10.7 Å². The van der Waals surface area contributed by atoms with E-state index in [1.807, 2.05) is 48.5 Å². The van der Waals surface area contributed by atoms with Crippen molar-refractivity contribution < 1.29 is 9.84 Å². The number of aliphatic hydroxyl groups is 1. The molecule has 0 radical (unpaired) electrons. The van der Waals surface area contributed by atoms with E-state index in [-0.39, 0.29) is 24.0 Å². The molecule has 2 aromatic rings. The highest BCUT2D eigenvalue weighted by Crippen LogP contribution is 2.41. The number of halogens is 1. The third-order valence-corrected chi connectivity index (χ3v) is 9.26. The average molecular weight is 582 g/mol. The normalized spacial score (nSPS) is 22.1. The van der Waals surface area contributed by atoms with E-state index in [0.717, 1.165) is 70.5 Å². The van der Waals surface area contributed by atoms with Crippen LogP contribution in [0.25, 0.3) is 5.57 Å². The Morgan fingerprint density at radius 3 is 2.59 bits per heavy atom. The Balaban J connectivity index is 1.40. The Bertz CT molecular complexity index is 1300. The molecule has 2 aromatic carbocycles. The number of hydrogen-bond donors (Lipinski definition) is 4. The van der Waals surface area contributed by atoms with Gasteiger partial charge in [-0.05, 0) is 53.6 Å². The summed E-state index contributed by atoms with van der Waals surface area (Å²) < 4.78 is 5.56. The van der Waals surface area contributed by atoms with Crippen LogP contribution in [0.3, 0.4) is 0 Å². The molecule has 10 heteroatoms. The van der Waals surface area contributed by atoms with E-state index >= 15 is 0 Å². The summed E-state index contributed by atoms with van der Waals surface area (Å²) in [6.45, 7) is 2.10. The molecule has 7 nitrogen and oxygen atoms in total. The van der Waals surface area contributed by atoms with Crippen LogP contribution < -0.4 is 15.8 Å². The second kappa shape index (κ2) is 13.0. The van der Waals surface area contributed by atoms with Crippen molar-refractivity contribution in [1.82, 2.24) is 10.2 Å². The lowest BCUT2D eigenvalue weighted by molar-refractivity contribution is 0.201. The molecule has 0 amide bonds. The fourth-order valence-electron chi connectivity index (χ4n) is 4.88. The van der Waals surface area contributed by atoms with Gasteiger partial charge in [0.1, 0.15) is 28.9 Å². The van der Waals surface area contributed by atoms with Crippen molar-refractivity contribution in [3.8, 4) is 5.75 Å². The van der Waals surface area contributed by atoms with E-state index in [2.05, 4.69) is 15.6 Å². The molecule has 204 valence electrons. The number of benzene rings is 2. The van der Waals surface area contributed by atoms with Crippen molar-refractivity contribution >= 4 is 52.7 Å². The van der Waals surface area contributed by atoms with E-state index in [9.17, 15) is 0 Å². The number of rotatable bonds is 9. The zero-order valence-electron chi connectivity index (χ0n) is 21.5. The first-order chi connectivity index (χ1) is 19.1. The van der Waals surface area contributed by atoms with Crippen LogP contribution in [-0.4, -0.2) is 59.5 Å². The number of nitrogens with two attached hydrogens (primary N) is 1. The minimum absolute atomic E-state index is 0.0380. The van der Waals surface area contributed by atoms with Crippen LogP contribution in [0.2, 0.25) is 5.02 Å². The number of nitrogens with zero attached hydrogens (tertiary/aromatic N) is 2. The van der Waals surface area contributed by atoms with Crippen molar-refractivity contribution in [3.05, 3.63) is 93.1 Å². The van der Waals surface area contributed by atoms with Gasteiger partial charge in [-0.3, -0.25) is 0 Å². The Kier molecular flexibility index (Phi) is 9.24. The van der Waals surface area contributed by atoms with Gasteiger partial charge in [-0.1, -0.05) is 35.9 Å². The highest BCUT2D eigenvalue weighted by molar-refractivity contribution is 8.03. The molecule has 0 saturated carbocycles. The lowest BCUT2D eigenvalue weighted by Gasteiger charge is -2.32. The van der Waals surface area contributed by atoms with Gasteiger partial charge in [-0.2, -0.15) is 0 Å². The van der Waals surface area contributed by atoms with Gasteiger partial charge >= 0.3 is 0 Å². The van der Waals surface area contributed by atoms with Crippen molar-refractivity contribution in [3.63, 3.8) is 0 Å². The monoisotopic (exact) mass is 581 g/mol. The molecule has 2 unspecified atom stereocenters. The molecular weight excluding hydrogens is 550 g/mol. The van der Waals surface area contributed by atoms with Gasteiger partial charge in [0.25, 0.3) is 0 Å². The van der Waals surface area contributed by atoms with Gasteiger partial charge in [0.2, 0.25) is 0 Å². The molecular formula is C29H32ClN5O2S2. The molecule has 1 fully saturated rings. The average Bonchev–Trinajstić information content (AvgIpc) is 3.68. The van der Waals surface area contributed by atoms with Gasteiger partial charge in [0.15, 0.2) is 0 Å². The van der Waals surface area contributed by atoms with Crippen LogP contribution in [0.5, 0.6) is 5.75 Å². The number of ether oxygens (including phenoxy) is 1. The molecule has 3 aliphatic rings. The predicted octanol–water partition coefficient (Wildman–Crippen LogP) is 5.40. The maximum atomic E-state index is 9.08. The number of amidine groups is 1. The number of dihydropyridines is 1. The van der Waals surface area contributed by atoms with E-state index in [4.69, 9.17) is 37.6 Å². The maximum absolute atomic E-state index is 9.08. The van der Waals surface area contributed by atoms with Crippen LogP contribution >= 0.6 is 35.1 Å². The number of thioether (sulfide) groups is 2. The number of likely N-dealkylation sites (tertiary alicyclic amines) is 1. The van der Waals surface area contributed by atoms with Crippen molar-refractivity contribution in [2.75, 3.05) is 32.1 Å². The predicted molar refractivity (Wildman–Crippen MR) is 164 cm³/mol. The van der Waals surface area contributed by atoms with Crippen LogP contribution in [-0.2, 0) is 0 Å². The molecule has 39 heavy (non-hydrogen) atoms. The molecule has 2 atom stereocenters. The molecule has 0 bridgehead atoms. The molecule has 0 aromatic heterocycles. The summed E-state index contributed by atoms with van der Waals surface area (Å²) in [7, 11) is 0. The van der Waals surface area contributed by atoms with E-state index in [1.54, 1.807) is 29.7 Å². The Morgan fingerprint density at radius 1 is 1.18 bits per heavy atom. The summed E-state index contributed by atoms with van der Waals surface area (Å²) in [6, 6.07) is 15.7. The molecule has 5 N–H and O–H groups in total. The fourth-order valence-corrected chi connectivity index (χ4v) is 7.15. The Morgan fingerprint density at radius 2 is 1.92 bits per heavy atom. The first-order valence-corrected chi connectivity index (χ1v) is 15.3. The molecule has 0 aliphatic carbocycles. The molecule has 0 spiro atoms. The lowest BCUT2D eigenvalue weighted by atomic mass is 9.90. The minimum Gasteiger partial charge on any atom is -0.491 e. The lowest BCUT2D eigenvalue weighted by Crippen LogP contribution is -2.35. The van der Waals surface area contributed by atoms with Gasteiger partial charge in [-0.25, -0.2) is 4.99 Å². The zero-order chi connectivity index (χ0) is 27.2. The van der Waals surface area contributed by atoms with Crippen molar-refractivity contribution in [2.45, 2.75) is 23.6 Å². The topological polar surface area (TPSA) is 107 Å². The highest BCUT2D eigenvalue weighted by atomic mass is 35.5. The summed E-state index contributed by atoms with van der Waals surface area (Å²) in [5.74, 6) is 2.32. The summed E-state index contributed by atoms with van der Waals surface area (Å²) in [5, 5.41) is 23.9. The largest absolute Gasteiger partial charge is 0.491 e. The fraction of sp³-hybridized carbons (Fsp3) is 0.310. The van der Waals surface area contributed by atoms with Gasteiger partial charge in [-0.15, -0.1) is 23.5 Å². The minimum atomic E-state index is -0.246. The van der Waals surface area contributed by atoms with Crippen LogP contribution in [0.4, 0.5) is 0 Å². The smallest absolute Gasteiger partial charge is 0.134 e. The molecule has 3 heterocycles. The van der Waals surface area contributed by atoms with E-state index in [1.165, 1.54) is 11.8 Å². The molecule has 1 saturated heterocycles. The maximum Gasteiger partial charge on any atom is 0.134 e. The van der Waals surface area contributed by atoms with Gasteiger partial charge < -0.3 is 31.2 Å². The number of aliphatic imine (C=N–C) groups is 1. The highest BCUT2D eigenvalue weighted by Gasteiger charge is 2.32. The third kappa shape index (κ3) is 6.32. The second-order valence-electron chi connectivity index (χ2n) is 9.32. The van der Waals surface area contributed by atoms with Gasteiger partial charge in [0, 0.05) is 58.7 Å². The standard InChI is InChI=1S/C29H32ClN5O2S2/c30-21-7-3-20(4-8-21)28-33-22(17-38-28)18-39-29-25(16-32)26(19-5-9-23(10-6-19)37-14-13-36)24(15-31)27(34-29)35-11-1-2-12-35/h3-10,15-17,28-29,32-33,36H,1-2,11-14,18,31H2. The van der Waals surface area contributed by atoms with Crippen molar-refractivity contribution in [1.29, 1.82) is 5.41 Å². The Labute approximate surface area is 242 Å². The first-order valence-electron chi connectivity index (χ1n) is 12.9. The summed E-state index contributed by atoms with van der Waals surface area (Å²) in [4.78, 5) is 7.48. The molecule has 5 rings (SSSR count). The SMILES string of the molecule is N=CC1=C(c2ccc(OCCO)cc2)C(=CN)C(N2CCCC2)=NC1SCC1=CSC(c2ccc(Cl)cc2)N1. The quantitative estimate of drug-likeness (QED) is 0.294. The number of aliphatic hydroxyl groups excluding tert-OH is 1. The Hall–Kier alpha value is -2.85. The summed E-state index contributed by atoms with van der Waals surface area (Å²) >= 11 is 9.52. The van der Waals surface area contributed by atoms with Crippen LogP contribution in [0.15, 0.2) is 82.0 Å². The van der Waals surface area contributed by atoms with Gasteiger partial charge in [0.05, 0.1) is 6.61 Å². The van der Waals surface area contributed by atoms with E-state index in [0.29, 0.717) is 5.75 Å². The first kappa shape index (κ1) is 27.7. The third-order valence-electron chi connectivity index (χ3n) is 6.77. The summed E-state index contributed by atoms with van der Waals surface area (Å²) in [5.41, 5.74) is 12.1. The van der Waals surface area contributed by atoms with Crippen LogP contribution in [0.1, 0.15) is 29.3 Å². The molecule has 3 aliphatic heterocycles. The van der Waals surface area contributed by atoms with Crippen LogP contribution in [0, 0.1) is 5.41 Å². The number of nitrogens with one attached hydrogen (secondary N) is 2. The van der Waals surface area contributed by atoms with E-state index < -0.39 is 0 Å². The second-order valence-corrected chi connectivity index (χ2v) is 11.8.